The molecule has 108 heavy (non-hydrogen) atoms. The third kappa shape index (κ3) is 11.9. The Morgan fingerprint density at radius 1 is 0.259 bits per heavy atom. The van der Waals surface area contributed by atoms with Crippen LogP contribution in [0.4, 0.5) is 34.1 Å². The molecule has 522 valence electrons. The van der Waals surface area contributed by atoms with Gasteiger partial charge in [-0.15, -0.1) is 0 Å². The molecule has 3 aliphatic carbocycles. The van der Waals surface area contributed by atoms with Gasteiger partial charge in [0, 0.05) is 56.1 Å². The zero-order valence-electron chi connectivity index (χ0n) is 62.7. The Bertz CT molecular complexity index is 6170. The number of ketones is 4. The number of allylic oxidation sites excluding steroid dienone is 2. The number of rotatable bonds is 10. The molecule has 0 bridgehead atoms. The number of fused-ring (bicyclic) bond motifs is 9. The van der Waals surface area contributed by atoms with E-state index in [0.29, 0.717) is 22.3 Å². The first-order chi connectivity index (χ1) is 52.1. The Morgan fingerprint density at radius 2 is 0.574 bits per heavy atom. The second-order valence-corrected chi connectivity index (χ2v) is 30.5. The Morgan fingerprint density at radius 3 is 0.991 bits per heavy atom. The van der Waals surface area contributed by atoms with Crippen molar-refractivity contribution in [3.8, 4) is 33.4 Å². The Labute approximate surface area is 631 Å². The van der Waals surface area contributed by atoms with Gasteiger partial charge in [0.25, 0.3) is 0 Å². The summed E-state index contributed by atoms with van der Waals surface area (Å²) in [5.41, 5.74) is 32.0. The van der Waals surface area contributed by atoms with E-state index in [1.165, 1.54) is 100 Å². The van der Waals surface area contributed by atoms with Crippen molar-refractivity contribution >= 4 is 112 Å². The van der Waals surface area contributed by atoms with Crippen LogP contribution in [0.2, 0.25) is 0 Å². The average Bonchev–Trinajstić information content (AvgIpc) is 1.59. The van der Waals surface area contributed by atoms with Crippen LogP contribution in [0.5, 0.6) is 0 Å². The number of carbonyl (C=O) groups is 4. The minimum atomic E-state index is -0.218. The molecule has 0 spiro atoms. The molecular formula is C102H80N2O4. The summed E-state index contributed by atoms with van der Waals surface area (Å²) in [7, 11) is 0. The maximum Gasteiger partial charge on any atom is 0.197 e. The SMILES string of the molecule is Cc1cc(C)c(-c2ccc(N(c3ccc(-c4c(C)cc(C)cc4C)cc3)c3ccc4cc(C=C5C(=O)c6cc7ccccc7cc6C5=O)ccc4c3)cc2)c(C)c1.Cc1cc(C)c(N(c2ccc3c(c2)C(C)(C)c2ccccc2-3)c2ccc3cc(C=C4C(=O)c5cc6ccccc6cc5C4=O)ccc3c2)c(C)c1. The highest BCUT2D eigenvalue weighted by Gasteiger charge is 2.38. The fourth-order valence-corrected chi connectivity index (χ4v) is 17.6. The average molecular weight is 1400 g/mol. The monoisotopic (exact) mass is 1400 g/mol. The molecule has 0 N–H and O–H groups in total. The Kier molecular flexibility index (Phi) is 16.8. The van der Waals surface area contributed by atoms with Gasteiger partial charge in [-0.25, -0.2) is 0 Å². The predicted octanol–water partition coefficient (Wildman–Crippen LogP) is 26.3. The molecule has 6 nitrogen and oxygen atoms in total. The van der Waals surface area contributed by atoms with E-state index in [1.54, 1.807) is 12.2 Å². The quantitative estimate of drug-likeness (QED) is 0.100. The van der Waals surface area contributed by atoms with Crippen LogP contribution in [-0.4, -0.2) is 23.1 Å². The molecule has 0 atom stereocenters. The summed E-state index contributed by atoms with van der Waals surface area (Å²) in [4.78, 5) is 58.7. The second kappa shape index (κ2) is 26.6. The maximum absolute atomic E-state index is 13.5. The highest BCUT2D eigenvalue weighted by atomic mass is 16.2. The topological polar surface area (TPSA) is 74.8 Å². The number of hydrogen-bond donors (Lipinski definition) is 0. The van der Waals surface area contributed by atoms with Crippen molar-refractivity contribution in [2.45, 2.75) is 81.6 Å². The van der Waals surface area contributed by atoms with Crippen molar-refractivity contribution in [1.29, 1.82) is 0 Å². The van der Waals surface area contributed by atoms with Crippen LogP contribution in [0.3, 0.4) is 0 Å². The largest absolute Gasteiger partial charge is 0.310 e. The van der Waals surface area contributed by atoms with E-state index in [9.17, 15) is 19.2 Å². The molecule has 15 aromatic carbocycles. The summed E-state index contributed by atoms with van der Waals surface area (Å²) < 4.78 is 0. The zero-order chi connectivity index (χ0) is 74.7. The van der Waals surface area contributed by atoms with Crippen LogP contribution in [0.1, 0.15) is 128 Å². The number of anilines is 6. The molecular weight excluding hydrogens is 1320 g/mol. The minimum Gasteiger partial charge on any atom is -0.310 e. The van der Waals surface area contributed by atoms with E-state index >= 15 is 0 Å². The molecule has 0 unspecified atom stereocenters. The summed E-state index contributed by atoms with van der Waals surface area (Å²) in [6.07, 6.45) is 3.49. The van der Waals surface area contributed by atoms with Gasteiger partial charge >= 0.3 is 0 Å². The number of benzene rings is 15. The lowest BCUT2D eigenvalue weighted by Crippen LogP contribution is -2.17. The normalized spacial score (nSPS) is 13.2. The van der Waals surface area contributed by atoms with E-state index in [2.05, 4.69) is 274 Å². The lowest BCUT2D eigenvalue weighted by atomic mass is 9.82. The lowest BCUT2D eigenvalue weighted by molar-refractivity contribution is 0.0975. The standard InChI is InChI=1S/C54H43NO2.C48H37NO2/c1-32-23-34(3)51(35(4)24-32)39-13-18-45(19-14-39)55(46-20-15-40(16-21-46)52-36(5)25-33(2)26-37(52)6)47-22-17-43-27-38(11-12-44(43)29-47)28-50-53(56)48-30-41-9-7-8-10-42(41)31-49(48)54(50)57;1-28-20-29(2)45(30(3)21-28)49(37-18-19-39-38-12-8-9-13-43(38)48(4,5)44(39)27-37)36-17-16-34-22-31(14-15-35(34)24-36)23-42-46(50)40-25-32-10-6-7-11-33(32)26-41(40)47(42)51/h7-31H,1-6H3;6-27H,1-5H3. The van der Waals surface area contributed by atoms with Gasteiger partial charge in [-0.3, -0.25) is 19.2 Å². The third-order valence-corrected chi connectivity index (χ3v) is 22.4. The van der Waals surface area contributed by atoms with E-state index < -0.39 is 0 Å². The van der Waals surface area contributed by atoms with Crippen molar-refractivity contribution in [3.05, 3.63) is 379 Å². The Balaban J connectivity index is 0.000000159. The number of nitrogens with zero attached hydrogens (tertiary/aromatic N) is 2. The summed E-state index contributed by atoms with van der Waals surface area (Å²) in [5.74, 6) is -0.860. The Hall–Kier alpha value is -12.9. The van der Waals surface area contributed by atoms with E-state index in [1.807, 2.05) is 84.9 Å². The van der Waals surface area contributed by atoms with Gasteiger partial charge in [0.1, 0.15) is 0 Å². The summed E-state index contributed by atoms with van der Waals surface area (Å²) in [6.45, 7) is 24.3. The fraction of sp³-hybridized carbons (Fsp3) is 0.118. The molecule has 0 aromatic heterocycles. The minimum absolute atomic E-state index is 0.115. The van der Waals surface area contributed by atoms with Gasteiger partial charge in [-0.2, -0.15) is 0 Å². The van der Waals surface area contributed by atoms with Gasteiger partial charge < -0.3 is 9.80 Å². The smallest absolute Gasteiger partial charge is 0.197 e. The number of carbonyl (C=O) groups excluding carboxylic acids is 4. The van der Waals surface area contributed by atoms with Crippen LogP contribution in [0, 0.1) is 62.3 Å². The summed E-state index contributed by atoms with van der Waals surface area (Å²) in [6, 6.07) is 95.4. The maximum atomic E-state index is 13.5. The molecule has 0 saturated heterocycles. The lowest BCUT2D eigenvalue weighted by Gasteiger charge is -2.31. The summed E-state index contributed by atoms with van der Waals surface area (Å²) >= 11 is 0. The predicted molar refractivity (Wildman–Crippen MR) is 450 cm³/mol. The summed E-state index contributed by atoms with van der Waals surface area (Å²) in [5, 5.41) is 8.02. The molecule has 18 rings (SSSR count). The first-order valence-electron chi connectivity index (χ1n) is 37.2. The van der Waals surface area contributed by atoms with E-state index in [4.69, 9.17) is 0 Å². The van der Waals surface area contributed by atoms with Crippen molar-refractivity contribution in [3.63, 3.8) is 0 Å². The number of hydrogen-bond acceptors (Lipinski definition) is 6. The van der Waals surface area contributed by atoms with Gasteiger partial charge in [0.15, 0.2) is 23.1 Å². The van der Waals surface area contributed by atoms with Crippen LogP contribution < -0.4 is 9.80 Å². The second-order valence-electron chi connectivity index (χ2n) is 30.5. The van der Waals surface area contributed by atoms with Gasteiger partial charge in [-0.1, -0.05) is 206 Å². The van der Waals surface area contributed by atoms with Crippen LogP contribution >= 0.6 is 0 Å². The van der Waals surface area contributed by atoms with Gasteiger partial charge in [0.05, 0.1) is 16.8 Å². The molecule has 0 saturated carbocycles. The van der Waals surface area contributed by atoms with Crippen LogP contribution in [-0.2, 0) is 5.41 Å². The number of aryl methyl sites for hydroxylation is 9. The van der Waals surface area contributed by atoms with Crippen LogP contribution in [0.15, 0.2) is 284 Å². The highest BCUT2D eigenvalue weighted by Crippen LogP contribution is 2.52. The third-order valence-electron chi connectivity index (χ3n) is 22.4. The van der Waals surface area contributed by atoms with Crippen molar-refractivity contribution in [1.82, 2.24) is 0 Å². The first kappa shape index (κ1) is 68.2. The molecule has 0 amide bonds. The molecule has 0 aliphatic heterocycles. The van der Waals surface area contributed by atoms with Crippen molar-refractivity contribution < 1.29 is 19.2 Å². The fourth-order valence-electron chi connectivity index (χ4n) is 17.6. The molecule has 6 heteroatoms. The van der Waals surface area contributed by atoms with Crippen molar-refractivity contribution in [2.24, 2.45) is 0 Å². The molecule has 0 heterocycles. The molecule has 0 radical (unpaired) electrons. The number of Topliss-reactive ketones (excluding diaryl/α,β-unsaturated/α-hetero) is 4. The zero-order valence-corrected chi connectivity index (χ0v) is 62.7. The molecule has 3 aliphatic rings. The van der Waals surface area contributed by atoms with Crippen LogP contribution in [0.25, 0.3) is 88.6 Å². The first-order valence-corrected chi connectivity index (χ1v) is 37.2. The van der Waals surface area contributed by atoms with E-state index in [-0.39, 0.29) is 39.7 Å². The van der Waals surface area contributed by atoms with E-state index in [0.717, 1.165) is 82.7 Å². The van der Waals surface area contributed by atoms with Gasteiger partial charge in [0.2, 0.25) is 0 Å². The molecule has 0 fully saturated rings. The van der Waals surface area contributed by atoms with Gasteiger partial charge in [-0.05, 0) is 304 Å². The van der Waals surface area contributed by atoms with Crippen molar-refractivity contribution in [2.75, 3.05) is 9.80 Å². The highest BCUT2D eigenvalue weighted by molar-refractivity contribution is 6.43. The molecule has 15 aromatic rings.